The Bertz CT molecular complexity index is 753. The molecule has 0 aromatic rings. The number of rotatable bonds is 5. The zero-order chi connectivity index (χ0) is 21.6. The van der Waals surface area contributed by atoms with E-state index in [9.17, 15) is 19.8 Å². The van der Waals surface area contributed by atoms with E-state index < -0.39 is 11.7 Å². The van der Waals surface area contributed by atoms with Crippen LogP contribution in [0.5, 0.6) is 0 Å². The van der Waals surface area contributed by atoms with Gasteiger partial charge in [0.25, 0.3) is 0 Å². The van der Waals surface area contributed by atoms with Gasteiger partial charge >= 0.3 is 0 Å². The van der Waals surface area contributed by atoms with Gasteiger partial charge in [-0.3, -0.25) is 9.59 Å². The van der Waals surface area contributed by atoms with Crippen molar-refractivity contribution in [3.8, 4) is 0 Å². The molecule has 7 atom stereocenters. The lowest BCUT2D eigenvalue weighted by Gasteiger charge is -2.40. The first-order chi connectivity index (χ1) is 13.5. The number of allylic oxidation sites excluding steroid dienone is 5. The molecule has 0 bridgehead atoms. The van der Waals surface area contributed by atoms with E-state index in [0.29, 0.717) is 17.4 Å². The van der Waals surface area contributed by atoms with Crippen LogP contribution in [0.1, 0.15) is 60.3 Å². The molecule has 1 fully saturated rings. The summed E-state index contributed by atoms with van der Waals surface area (Å²) in [6, 6.07) is 0. The summed E-state index contributed by atoms with van der Waals surface area (Å²) in [6.07, 6.45) is 11.5. The van der Waals surface area contributed by atoms with E-state index in [1.807, 2.05) is 19.1 Å². The molecule has 29 heavy (non-hydrogen) atoms. The molecule has 3 aliphatic carbocycles. The van der Waals surface area contributed by atoms with Crippen molar-refractivity contribution >= 4 is 12.1 Å². The van der Waals surface area contributed by atoms with E-state index in [2.05, 4.69) is 13.8 Å². The minimum Gasteiger partial charge on any atom is -0.387 e. The number of carbonyl (C=O) groups is 2. The van der Waals surface area contributed by atoms with Gasteiger partial charge in [0, 0.05) is 0 Å². The lowest BCUT2D eigenvalue weighted by Crippen LogP contribution is -2.35. The number of aliphatic hydroxyl groups excluding tert-OH is 1. The molecule has 3 aliphatic rings. The van der Waals surface area contributed by atoms with Crippen LogP contribution in [0, 0.1) is 35.0 Å². The molecule has 0 aliphatic heterocycles. The van der Waals surface area contributed by atoms with Crippen molar-refractivity contribution in [3.63, 3.8) is 0 Å². The Balaban J connectivity index is 1.86. The van der Waals surface area contributed by atoms with E-state index >= 15 is 0 Å². The van der Waals surface area contributed by atoms with Crippen molar-refractivity contribution in [3.05, 3.63) is 35.5 Å². The summed E-state index contributed by atoms with van der Waals surface area (Å²) in [5.41, 5.74) is 0.742. The molecule has 0 aromatic carbocycles. The van der Waals surface area contributed by atoms with Crippen molar-refractivity contribution in [1.29, 1.82) is 0 Å². The van der Waals surface area contributed by atoms with Crippen molar-refractivity contribution in [2.45, 2.75) is 72.0 Å². The highest BCUT2D eigenvalue weighted by atomic mass is 16.3. The van der Waals surface area contributed by atoms with Crippen LogP contribution in [0.15, 0.2) is 35.5 Å². The quantitative estimate of drug-likeness (QED) is 0.540. The Hall–Kier alpha value is -1.52. The molecule has 3 rings (SSSR count). The van der Waals surface area contributed by atoms with Gasteiger partial charge < -0.3 is 10.2 Å². The van der Waals surface area contributed by atoms with E-state index in [1.165, 1.54) is 0 Å². The van der Waals surface area contributed by atoms with E-state index in [0.717, 1.165) is 37.5 Å². The van der Waals surface area contributed by atoms with Gasteiger partial charge in [-0.25, -0.2) is 0 Å². The fraction of sp³-hybridized carbons (Fsp3) is 0.680. The van der Waals surface area contributed by atoms with Gasteiger partial charge in [0.1, 0.15) is 12.4 Å². The molecule has 0 unspecified atom stereocenters. The third kappa shape index (κ3) is 4.20. The highest BCUT2D eigenvalue weighted by molar-refractivity contribution is 6.01. The molecule has 0 radical (unpaired) electrons. The highest BCUT2D eigenvalue weighted by Crippen LogP contribution is 2.58. The zero-order valence-electron chi connectivity index (χ0n) is 18.4. The molecule has 0 saturated heterocycles. The zero-order valence-corrected chi connectivity index (χ0v) is 18.4. The van der Waals surface area contributed by atoms with Crippen molar-refractivity contribution in [2.24, 2.45) is 35.0 Å². The predicted octanol–water partition coefficient (Wildman–Crippen LogP) is 4.02. The average Bonchev–Trinajstić information content (AvgIpc) is 3.08. The third-order valence-corrected chi connectivity index (χ3v) is 7.91. The molecule has 1 saturated carbocycles. The summed E-state index contributed by atoms with van der Waals surface area (Å²) >= 11 is 0. The maximum Gasteiger partial charge on any atom is 0.163 e. The second-order valence-corrected chi connectivity index (χ2v) is 10.4. The summed E-state index contributed by atoms with van der Waals surface area (Å²) in [7, 11) is 0. The lowest BCUT2D eigenvalue weighted by molar-refractivity contribution is -0.119. The van der Waals surface area contributed by atoms with Gasteiger partial charge in [-0.05, 0) is 87.2 Å². The van der Waals surface area contributed by atoms with Crippen LogP contribution in [0.3, 0.4) is 0 Å². The first-order valence-electron chi connectivity index (χ1n) is 10.9. The summed E-state index contributed by atoms with van der Waals surface area (Å²) in [4.78, 5) is 24.3. The Kier molecular flexibility index (Phi) is 6.08. The number of aldehydes is 1. The van der Waals surface area contributed by atoms with Crippen LogP contribution in [-0.4, -0.2) is 34.0 Å². The molecule has 0 amide bonds. The van der Waals surface area contributed by atoms with Gasteiger partial charge in [0.2, 0.25) is 0 Å². The number of hydrogen-bond donors (Lipinski definition) is 2. The SMILES string of the molecule is CC1=CC(=O)[C@H]2C(C=O)=CC[C@H]3[C@@H]([C@@H](C)/C=C\[C@@H](O)C(C)(C)O)CC[C@]3(C)C[C@H]12. The lowest BCUT2D eigenvalue weighted by atomic mass is 9.63. The fourth-order valence-corrected chi connectivity index (χ4v) is 5.97. The van der Waals surface area contributed by atoms with Crippen LogP contribution in [0.25, 0.3) is 0 Å². The molecule has 2 N–H and O–H groups in total. The minimum absolute atomic E-state index is 0.0827. The molecule has 0 heterocycles. The molecule has 0 spiro atoms. The largest absolute Gasteiger partial charge is 0.387 e. The number of aliphatic hydroxyl groups is 2. The fourth-order valence-electron chi connectivity index (χ4n) is 5.97. The first-order valence-corrected chi connectivity index (χ1v) is 10.9. The number of fused-ring (bicyclic) bond motifs is 2. The first kappa shape index (κ1) is 22.2. The molecule has 4 heteroatoms. The van der Waals surface area contributed by atoms with Crippen molar-refractivity contribution in [2.75, 3.05) is 0 Å². The topological polar surface area (TPSA) is 74.6 Å². The van der Waals surface area contributed by atoms with E-state index in [4.69, 9.17) is 0 Å². The van der Waals surface area contributed by atoms with Crippen LogP contribution in [0.4, 0.5) is 0 Å². The maximum absolute atomic E-state index is 12.5. The second kappa shape index (κ2) is 7.96. The average molecular weight is 401 g/mol. The Labute approximate surface area is 174 Å². The Morgan fingerprint density at radius 3 is 2.62 bits per heavy atom. The van der Waals surface area contributed by atoms with Gasteiger partial charge in [0.05, 0.1) is 11.5 Å². The minimum atomic E-state index is -1.16. The summed E-state index contributed by atoms with van der Waals surface area (Å²) in [6.45, 7) is 9.78. The van der Waals surface area contributed by atoms with Crippen LogP contribution < -0.4 is 0 Å². The van der Waals surface area contributed by atoms with Crippen molar-refractivity contribution in [1.82, 2.24) is 0 Å². The number of hydrogen-bond acceptors (Lipinski definition) is 4. The van der Waals surface area contributed by atoms with E-state index in [-0.39, 0.29) is 29.0 Å². The van der Waals surface area contributed by atoms with Gasteiger partial charge in [-0.15, -0.1) is 0 Å². The Morgan fingerprint density at radius 1 is 1.31 bits per heavy atom. The summed E-state index contributed by atoms with van der Waals surface area (Å²) in [5, 5.41) is 20.1. The van der Waals surface area contributed by atoms with Gasteiger partial charge in [-0.1, -0.05) is 37.6 Å². The monoisotopic (exact) mass is 400 g/mol. The maximum atomic E-state index is 12.5. The summed E-state index contributed by atoms with van der Waals surface area (Å²) < 4.78 is 0. The molecular formula is C25H36O4. The predicted molar refractivity (Wildman–Crippen MR) is 114 cm³/mol. The normalized spacial score (nSPS) is 37.3. The van der Waals surface area contributed by atoms with E-state index in [1.54, 1.807) is 26.0 Å². The Morgan fingerprint density at radius 2 is 2.00 bits per heavy atom. The van der Waals surface area contributed by atoms with Crippen LogP contribution in [0.2, 0.25) is 0 Å². The van der Waals surface area contributed by atoms with Crippen LogP contribution >= 0.6 is 0 Å². The molecular weight excluding hydrogens is 364 g/mol. The van der Waals surface area contributed by atoms with Gasteiger partial charge in [0.15, 0.2) is 5.78 Å². The molecule has 4 nitrogen and oxygen atoms in total. The molecule has 160 valence electrons. The smallest absolute Gasteiger partial charge is 0.163 e. The summed E-state index contributed by atoms with van der Waals surface area (Å²) in [5.74, 6) is 1.08. The second-order valence-electron chi connectivity index (χ2n) is 10.4. The van der Waals surface area contributed by atoms with Crippen molar-refractivity contribution < 1.29 is 19.8 Å². The number of ketones is 1. The van der Waals surface area contributed by atoms with Crippen LogP contribution in [-0.2, 0) is 9.59 Å². The van der Waals surface area contributed by atoms with Gasteiger partial charge in [-0.2, -0.15) is 0 Å². The standard InChI is InChI=1S/C25H36O4/c1-15(6-9-22(28)24(3,4)29)18-10-11-25(5)13-19-16(2)12-21(27)23(19)17(14-26)7-8-20(18)25/h6-7,9,12,14-15,18-20,22-23,28-29H,8,10-11,13H2,1-5H3/b9-6-,17-7?/t15-,18+,19+,20-,22+,23-,25+/m0/s1. The highest BCUT2D eigenvalue weighted by Gasteiger charge is 2.50. The number of carbonyl (C=O) groups excluding carboxylic acids is 2. The third-order valence-electron chi connectivity index (χ3n) is 7.91. The molecule has 0 aromatic heterocycles.